The van der Waals surface area contributed by atoms with Gasteiger partial charge in [-0.15, -0.1) is 4.28 Å². The fourth-order valence-corrected chi connectivity index (χ4v) is 1.15. The molecule has 1 saturated heterocycles. The highest BCUT2D eigenvalue weighted by Gasteiger charge is 2.24. The van der Waals surface area contributed by atoms with Gasteiger partial charge in [0.05, 0.1) is 0 Å². The number of nitrogens with zero attached hydrogens (tertiary/aromatic N) is 2. The molecular formula is CN2O2S2. The molecular weight excluding hydrogens is 136 g/mol. The molecule has 7 heavy (non-hydrogen) atoms. The van der Waals surface area contributed by atoms with E-state index in [1.165, 1.54) is 0 Å². The molecule has 0 bridgehead atoms. The quantitative estimate of drug-likeness (QED) is 0.265. The third-order valence-corrected chi connectivity index (χ3v) is 2.07. The minimum Gasteiger partial charge on any atom is -0.213 e. The molecule has 1 unspecified atom stereocenters. The fraction of sp³-hybridized carbons (Fsp3) is 0. The van der Waals surface area contributed by atoms with Crippen LogP contribution in [-0.2, 0) is 14.4 Å². The average Bonchev–Trinajstić information content (AvgIpc) is 1.58. The summed E-state index contributed by atoms with van der Waals surface area (Å²) in [6.45, 7) is 0. The highest BCUT2D eigenvalue weighted by atomic mass is 33.1. The van der Waals surface area contributed by atoms with Crippen molar-refractivity contribution in [3.8, 4) is 6.19 Å². The summed E-state index contributed by atoms with van der Waals surface area (Å²) in [5.41, 5.74) is 0. The van der Waals surface area contributed by atoms with E-state index in [9.17, 15) is 4.21 Å². The van der Waals surface area contributed by atoms with Crippen LogP contribution in [0, 0.1) is 11.5 Å². The Labute approximate surface area is 46.2 Å². The molecule has 0 aromatic rings. The van der Waals surface area contributed by atoms with E-state index in [0.29, 0.717) is 0 Å². The molecule has 1 atom stereocenters. The summed E-state index contributed by atoms with van der Waals surface area (Å²) < 4.78 is 15.0. The van der Waals surface area contributed by atoms with Crippen molar-refractivity contribution in [2.24, 2.45) is 0 Å². The molecule has 38 valence electrons. The van der Waals surface area contributed by atoms with E-state index in [0.717, 1.165) is 15.4 Å². The van der Waals surface area contributed by atoms with Gasteiger partial charge in [0.2, 0.25) is 6.19 Å². The molecule has 1 rings (SSSR count). The third kappa shape index (κ3) is 0.851. The number of rotatable bonds is 0. The molecule has 1 fully saturated rings. The van der Waals surface area contributed by atoms with Crippen molar-refractivity contribution in [3.63, 3.8) is 0 Å². The van der Waals surface area contributed by atoms with Crippen LogP contribution in [0.5, 0.6) is 0 Å². The first-order valence-corrected chi connectivity index (χ1v) is 3.68. The molecule has 1 aliphatic rings. The predicted octanol–water partition coefficient (Wildman–Crippen LogP) is -0.0584. The van der Waals surface area contributed by atoms with Crippen molar-refractivity contribution in [1.29, 1.82) is 5.26 Å². The Morgan fingerprint density at radius 2 is 2.57 bits per heavy atom. The standard InChI is InChI=1S/CN2O2S2/c2-1-3-5-7(4)6-3. The van der Waals surface area contributed by atoms with Crippen LogP contribution in [0.15, 0.2) is 0 Å². The van der Waals surface area contributed by atoms with Gasteiger partial charge in [-0.2, -0.15) is 5.26 Å². The summed E-state index contributed by atoms with van der Waals surface area (Å²) in [6.07, 6.45) is 1.61. The summed E-state index contributed by atoms with van der Waals surface area (Å²) in [5.74, 6) is 0. The second-order valence-corrected chi connectivity index (χ2v) is 3.01. The maximum Gasteiger partial charge on any atom is 0.267 e. The van der Waals surface area contributed by atoms with Gasteiger partial charge in [-0.05, 0) is 0 Å². The first-order valence-electron chi connectivity index (χ1n) is 1.31. The molecule has 1 aliphatic heterocycles. The smallest absolute Gasteiger partial charge is 0.213 e. The Hall–Kier alpha value is -0.250. The first kappa shape index (κ1) is 4.90. The Morgan fingerprint density at radius 1 is 2.00 bits per heavy atom. The summed E-state index contributed by atoms with van der Waals surface area (Å²) in [4.78, 5) is 0. The maximum absolute atomic E-state index is 9.93. The summed E-state index contributed by atoms with van der Waals surface area (Å²) in [6, 6.07) is 0. The van der Waals surface area contributed by atoms with E-state index in [2.05, 4.69) is 4.28 Å². The average molecular weight is 136 g/mol. The molecule has 0 aliphatic carbocycles. The Balaban J connectivity index is 2.34. The molecule has 6 heteroatoms. The second kappa shape index (κ2) is 1.69. The third-order valence-electron chi connectivity index (χ3n) is 0.339. The fourth-order valence-electron chi connectivity index (χ4n) is 0.149. The Bertz CT molecular complexity index is 131. The lowest BCUT2D eigenvalue weighted by Crippen LogP contribution is -2.21. The summed E-state index contributed by atoms with van der Waals surface area (Å²) in [7, 11) is -0.451. The zero-order valence-electron chi connectivity index (χ0n) is 3.03. The van der Waals surface area contributed by atoms with Crippen molar-refractivity contribution in [1.82, 2.24) is 4.47 Å². The van der Waals surface area contributed by atoms with Gasteiger partial charge in [0.25, 0.3) is 10.1 Å². The van der Waals surface area contributed by atoms with Gasteiger partial charge in [-0.1, -0.05) is 4.47 Å². The normalized spacial score (nSPS) is 28.4. The van der Waals surface area contributed by atoms with Gasteiger partial charge in [-0.3, -0.25) is 0 Å². The van der Waals surface area contributed by atoms with Crippen molar-refractivity contribution >= 4 is 21.1 Å². The minimum absolute atomic E-state index is 0.851. The molecule has 0 radical (unpaired) electrons. The van der Waals surface area contributed by atoms with Crippen LogP contribution in [-0.4, -0.2) is 8.68 Å². The van der Waals surface area contributed by atoms with Crippen LogP contribution in [0.2, 0.25) is 0 Å². The minimum atomic E-state index is -1.30. The van der Waals surface area contributed by atoms with Crippen molar-refractivity contribution in [2.45, 2.75) is 0 Å². The van der Waals surface area contributed by atoms with Crippen LogP contribution in [0.4, 0.5) is 0 Å². The van der Waals surface area contributed by atoms with E-state index in [-0.39, 0.29) is 0 Å². The van der Waals surface area contributed by atoms with E-state index >= 15 is 0 Å². The van der Waals surface area contributed by atoms with Crippen LogP contribution >= 0.6 is 11.0 Å². The van der Waals surface area contributed by atoms with E-state index in [1.54, 1.807) is 6.19 Å². The first-order chi connectivity index (χ1) is 3.33. The van der Waals surface area contributed by atoms with Crippen LogP contribution in [0.1, 0.15) is 0 Å². The van der Waals surface area contributed by atoms with Gasteiger partial charge in [0.15, 0.2) is 0 Å². The maximum atomic E-state index is 9.93. The van der Waals surface area contributed by atoms with Gasteiger partial charge < -0.3 is 0 Å². The lowest BCUT2D eigenvalue weighted by molar-refractivity contribution is 0.124. The lowest BCUT2D eigenvalue weighted by atomic mass is 11.4. The number of hydrogen-bond donors (Lipinski definition) is 0. The van der Waals surface area contributed by atoms with Crippen LogP contribution in [0.25, 0.3) is 0 Å². The topological polar surface area (TPSA) is 53.3 Å². The number of hydrogen-bond acceptors (Lipinski definition) is 5. The van der Waals surface area contributed by atoms with Crippen molar-refractivity contribution in [3.05, 3.63) is 0 Å². The zero-order valence-corrected chi connectivity index (χ0v) is 4.66. The van der Waals surface area contributed by atoms with Crippen LogP contribution in [0.3, 0.4) is 0 Å². The SMILES string of the molecule is N#CN1OS(=O)S1. The van der Waals surface area contributed by atoms with Crippen molar-refractivity contribution < 1.29 is 8.49 Å². The highest BCUT2D eigenvalue weighted by Crippen LogP contribution is 2.27. The lowest BCUT2D eigenvalue weighted by Gasteiger charge is -2.16. The van der Waals surface area contributed by atoms with E-state index in [4.69, 9.17) is 5.26 Å². The predicted molar refractivity (Wildman–Crippen MR) is 24.3 cm³/mol. The number of nitriles is 1. The van der Waals surface area contributed by atoms with Gasteiger partial charge in [0, 0.05) is 0 Å². The summed E-state index contributed by atoms with van der Waals surface area (Å²) >= 11 is 0. The molecule has 0 amide bonds. The number of hydroxylamine groups is 1. The molecule has 0 aromatic heterocycles. The van der Waals surface area contributed by atoms with Gasteiger partial charge in [-0.25, -0.2) is 4.21 Å². The summed E-state index contributed by atoms with van der Waals surface area (Å²) in [5, 5.41) is 7.90. The Morgan fingerprint density at radius 3 is 2.71 bits per heavy atom. The van der Waals surface area contributed by atoms with Crippen LogP contribution < -0.4 is 0 Å². The molecule has 0 aromatic carbocycles. The molecule has 4 nitrogen and oxygen atoms in total. The Kier molecular flexibility index (Phi) is 1.19. The van der Waals surface area contributed by atoms with E-state index in [1.807, 2.05) is 0 Å². The molecule has 0 N–H and O–H groups in total. The van der Waals surface area contributed by atoms with Crippen molar-refractivity contribution in [2.75, 3.05) is 0 Å². The molecule has 0 saturated carbocycles. The monoisotopic (exact) mass is 136 g/mol. The van der Waals surface area contributed by atoms with Gasteiger partial charge >= 0.3 is 0 Å². The molecule has 1 heterocycles. The molecule has 0 spiro atoms. The van der Waals surface area contributed by atoms with E-state index < -0.39 is 10.1 Å². The largest absolute Gasteiger partial charge is 0.267 e. The highest BCUT2D eigenvalue weighted by molar-refractivity contribution is 8.68. The van der Waals surface area contributed by atoms with Gasteiger partial charge in [0.1, 0.15) is 11.0 Å². The second-order valence-electron chi connectivity index (χ2n) is 0.710. The zero-order chi connectivity index (χ0) is 5.28.